The molecule has 2 N–H and O–H groups in total. The molecule has 3 heterocycles. The third kappa shape index (κ3) is 4.95. The van der Waals surface area contributed by atoms with Crippen molar-refractivity contribution < 1.29 is 28.6 Å². The normalized spacial score (nSPS) is 34.7. The summed E-state index contributed by atoms with van der Waals surface area (Å²) in [6, 6.07) is 6.27. The second-order valence-corrected chi connectivity index (χ2v) is 11.4. The zero-order chi connectivity index (χ0) is 27.7. The molecular formula is C30H41N3O6. The molecule has 39 heavy (non-hydrogen) atoms. The van der Waals surface area contributed by atoms with Gasteiger partial charge in [-0.25, -0.2) is 0 Å². The summed E-state index contributed by atoms with van der Waals surface area (Å²) in [5.74, 6) is -0.650. The Morgan fingerprint density at radius 1 is 1.15 bits per heavy atom. The Balaban J connectivity index is 1.40. The Hall–Kier alpha value is -2.91. The van der Waals surface area contributed by atoms with Crippen LogP contribution in [0.25, 0.3) is 0 Å². The highest BCUT2D eigenvalue weighted by Crippen LogP contribution is 2.55. The van der Waals surface area contributed by atoms with E-state index < -0.39 is 29.6 Å². The van der Waals surface area contributed by atoms with Gasteiger partial charge in [0.2, 0.25) is 17.7 Å². The number of methoxy groups -OCH3 is 1. The van der Waals surface area contributed by atoms with Crippen molar-refractivity contribution in [2.45, 2.75) is 70.2 Å². The highest BCUT2D eigenvalue weighted by Gasteiger charge is 2.72. The fraction of sp³-hybridized carbons (Fsp3) is 0.633. The molecular weight excluding hydrogens is 498 g/mol. The first-order valence-electron chi connectivity index (χ1n) is 14.3. The van der Waals surface area contributed by atoms with Crippen molar-refractivity contribution in [1.82, 2.24) is 10.2 Å². The third-order valence-electron chi connectivity index (χ3n) is 9.21. The lowest BCUT2D eigenvalue weighted by atomic mass is 9.73. The molecule has 1 aliphatic carbocycles. The van der Waals surface area contributed by atoms with E-state index in [1.807, 2.05) is 19.1 Å². The Bertz CT molecular complexity index is 1110. The van der Waals surface area contributed by atoms with E-state index in [-0.39, 0.29) is 23.8 Å². The van der Waals surface area contributed by atoms with Gasteiger partial charge in [0.1, 0.15) is 17.4 Å². The van der Waals surface area contributed by atoms with Crippen LogP contribution in [-0.2, 0) is 23.9 Å². The first kappa shape index (κ1) is 27.6. The summed E-state index contributed by atoms with van der Waals surface area (Å²) in [6.45, 7) is 7.78. The van der Waals surface area contributed by atoms with Gasteiger partial charge in [-0.1, -0.05) is 38.8 Å². The number of amides is 3. The van der Waals surface area contributed by atoms with Crippen LogP contribution in [0.1, 0.15) is 46.5 Å². The molecule has 1 aromatic carbocycles. The summed E-state index contributed by atoms with van der Waals surface area (Å²) in [5.41, 5.74) is -0.557. The van der Waals surface area contributed by atoms with Gasteiger partial charge < -0.3 is 29.7 Å². The summed E-state index contributed by atoms with van der Waals surface area (Å²) in [5, 5.41) is 6.23. The maximum atomic E-state index is 14.0. The van der Waals surface area contributed by atoms with Crippen molar-refractivity contribution in [3.05, 3.63) is 36.4 Å². The largest absolute Gasteiger partial charge is 0.497 e. The lowest BCUT2D eigenvalue weighted by Crippen LogP contribution is -2.58. The maximum absolute atomic E-state index is 14.0. The minimum atomic E-state index is -1.16. The van der Waals surface area contributed by atoms with Crippen molar-refractivity contribution in [3.8, 4) is 5.75 Å². The van der Waals surface area contributed by atoms with E-state index in [0.717, 1.165) is 19.3 Å². The van der Waals surface area contributed by atoms with Gasteiger partial charge in [-0.3, -0.25) is 14.4 Å². The van der Waals surface area contributed by atoms with Gasteiger partial charge in [-0.15, -0.1) is 0 Å². The molecule has 0 radical (unpaired) electrons. The molecule has 3 aliphatic heterocycles. The number of rotatable bonds is 10. The van der Waals surface area contributed by atoms with Crippen LogP contribution in [0.5, 0.6) is 5.75 Å². The molecule has 3 amide bonds. The first-order chi connectivity index (χ1) is 18.8. The third-order valence-corrected chi connectivity index (χ3v) is 9.21. The van der Waals surface area contributed by atoms with Gasteiger partial charge >= 0.3 is 0 Å². The molecule has 0 aromatic heterocycles. The molecule has 2 saturated heterocycles. The van der Waals surface area contributed by atoms with Crippen LogP contribution >= 0.6 is 0 Å². The van der Waals surface area contributed by atoms with Crippen LogP contribution in [0.4, 0.5) is 5.69 Å². The number of anilines is 1. The summed E-state index contributed by atoms with van der Waals surface area (Å²) >= 11 is 0. The average molecular weight is 540 g/mol. The van der Waals surface area contributed by atoms with Gasteiger partial charge in [0, 0.05) is 31.5 Å². The van der Waals surface area contributed by atoms with Gasteiger partial charge in [0.05, 0.1) is 25.0 Å². The van der Waals surface area contributed by atoms with Crippen molar-refractivity contribution >= 4 is 23.4 Å². The topological polar surface area (TPSA) is 106 Å². The summed E-state index contributed by atoms with van der Waals surface area (Å²) in [7, 11) is 1.58. The van der Waals surface area contributed by atoms with Crippen molar-refractivity contribution in [2.24, 2.45) is 23.7 Å². The second-order valence-electron chi connectivity index (χ2n) is 11.4. The number of hydrogen-bond donors (Lipinski definition) is 2. The fourth-order valence-electron chi connectivity index (χ4n) is 6.94. The SMILES string of the molecule is CCOCCCN1C(=O)[C@@H]2[C@H](C(=O)Nc3ccc(OC)cc3)[C@@H]3C=C[C@@]2(O3)[C@@H]1C(=O)N[C@@H]1CCC[C@H](C)[C@@H]1C. The molecule has 0 unspecified atom stereocenters. The van der Waals surface area contributed by atoms with E-state index in [4.69, 9.17) is 14.2 Å². The van der Waals surface area contributed by atoms with Gasteiger partial charge in [0.25, 0.3) is 0 Å². The summed E-state index contributed by atoms with van der Waals surface area (Å²) < 4.78 is 17.2. The van der Waals surface area contributed by atoms with Crippen molar-refractivity contribution in [3.63, 3.8) is 0 Å². The summed E-state index contributed by atoms with van der Waals surface area (Å²) in [4.78, 5) is 43.2. The van der Waals surface area contributed by atoms with Crippen LogP contribution < -0.4 is 15.4 Å². The minimum absolute atomic E-state index is 0.0498. The monoisotopic (exact) mass is 539 g/mol. The minimum Gasteiger partial charge on any atom is -0.497 e. The zero-order valence-electron chi connectivity index (χ0n) is 23.4. The van der Waals surface area contributed by atoms with Crippen LogP contribution in [0, 0.1) is 23.7 Å². The van der Waals surface area contributed by atoms with E-state index in [1.54, 1.807) is 36.3 Å². The Morgan fingerprint density at radius 3 is 2.64 bits per heavy atom. The van der Waals surface area contributed by atoms with Crippen LogP contribution in [-0.4, -0.2) is 73.3 Å². The van der Waals surface area contributed by atoms with Gasteiger partial charge in [-0.2, -0.15) is 0 Å². The van der Waals surface area contributed by atoms with Gasteiger partial charge in [0.15, 0.2) is 0 Å². The molecule has 212 valence electrons. The molecule has 1 saturated carbocycles. The number of carbonyl (C=O) groups excluding carboxylic acids is 3. The molecule has 1 aromatic rings. The number of nitrogens with one attached hydrogen (secondary N) is 2. The number of benzene rings is 1. The number of ether oxygens (including phenoxy) is 3. The average Bonchev–Trinajstić information content (AvgIpc) is 3.57. The van der Waals surface area contributed by atoms with Crippen LogP contribution in [0.3, 0.4) is 0 Å². The summed E-state index contributed by atoms with van der Waals surface area (Å²) in [6.07, 6.45) is 6.88. The first-order valence-corrected chi connectivity index (χ1v) is 14.3. The van der Waals surface area contributed by atoms with E-state index in [2.05, 4.69) is 24.5 Å². The molecule has 8 atom stereocenters. The zero-order valence-corrected chi connectivity index (χ0v) is 23.4. The smallest absolute Gasteiger partial charge is 0.246 e. The van der Waals surface area contributed by atoms with E-state index >= 15 is 0 Å². The highest BCUT2D eigenvalue weighted by atomic mass is 16.5. The number of likely N-dealkylation sites (tertiary alicyclic amines) is 1. The van der Waals surface area contributed by atoms with Crippen LogP contribution in [0.2, 0.25) is 0 Å². The molecule has 4 aliphatic rings. The molecule has 1 spiro atoms. The number of nitrogens with zero attached hydrogens (tertiary/aromatic N) is 1. The standard InChI is InChI=1S/C30H41N3O6/c1-5-38-17-7-16-33-26(28(35)32-22-9-6-8-18(2)19(22)3)30-15-14-23(39-30)24(25(30)29(33)36)27(34)31-20-10-12-21(37-4)13-11-20/h10-15,18-19,22-26H,5-9,16-17H2,1-4H3,(H,31,34)(H,32,35)/t18-,19-,22+,23-,24+,25-,26-,30-/m0/s1. The number of fused-ring (bicyclic) bond motifs is 1. The van der Waals surface area contributed by atoms with E-state index in [1.165, 1.54) is 0 Å². The predicted molar refractivity (Wildman–Crippen MR) is 146 cm³/mol. The Labute approximate surface area is 230 Å². The maximum Gasteiger partial charge on any atom is 0.246 e. The Kier molecular flexibility index (Phi) is 8.01. The van der Waals surface area contributed by atoms with Crippen molar-refractivity contribution in [1.29, 1.82) is 0 Å². The molecule has 2 bridgehead atoms. The lowest BCUT2D eigenvalue weighted by Gasteiger charge is -2.38. The highest BCUT2D eigenvalue weighted by molar-refractivity contribution is 6.02. The van der Waals surface area contributed by atoms with E-state index in [9.17, 15) is 14.4 Å². The number of carbonyl (C=O) groups is 3. The molecule has 9 heteroatoms. The predicted octanol–water partition coefficient (Wildman–Crippen LogP) is 3.15. The second kappa shape index (κ2) is 11.3. The fourth-order valence-corrected chi connectivity index (χ4v) is 6.94. The lowest BCUT2D eigenvalue weighted by molar-refractivity contribution is -0.141. The quantitative estimate of drug-likeness (QED) is 0.350. The Morgan fingerprint density at radius 2 is 1.92 bits per heavy atom. The van der Waals surface area contributed by atoms with Crippen LogP contribution in [0.15, 0.2) is 36.4 Å². The molecule has 5 rings (SSSR count). The number of hydrogen-bond acceptors (Lipinski definition) is 6. The van der Waals surface area contributed by atoms with E-state index in [0.29, 0.717) is 49.5 Å². The molecule has 9 nitrogen and oxygen atoms in total. The molecule has 3 fully saturated rings. The van der Waals surface area contributed by atoms with Gasteiger partial charge in [-0.05, 0) is 55.9 Å². The van der Waals surface area contributed by atoms with Crippen molar-refractivity contribution in [2.75, 3.05) is 32.2 Å².